The maximum atomic E-state index is 6.08. The number of rotatable bonds is 4. The largest absolute Gasteiger partial charge is 0.293 e. The van der Waals surface area contributed by atoms with Crippen LogP contribution in [0.2, 0.25) is 4.34 Å². The molecule has 2 aromatic heterocycles. The van der Waals surface area contributed by atoms with Crippen molar-refractivity contribution in [2.24, 2.45) is 0 Å². The van der Waals surface area contributed by atoms with Gasteiger partial charge in [0.1, 0.15) is 10.0 Å². The van der Waals surface area contributed by atoms with Crippen LogP contribution in [0.3, 0.4) is 0 Å². The van der Waals surface area contributed by atoms with E-state index in [1.54, 1.807) is 0 Å². The summed E-state index contributed by atoms with van der Waals surface area (Å²) in [5, 5.41) is 8.46. The van der Waals surface area contributed by atoms with Gasteiger partial charge in [0.05, 0.1) is 12.7 Å². The van der Waals surface area contributed by atoms with Crippen LogP contribution in [0.5, 0.6) is 0 Å². The maximum absolute atomic E-state index is 6.08. The first-order chi connectivity index (χ1) is 9.22. The Morgan fingerprint density at radius 1 is 1.53 bits per heavy atom. The third-order valence-electron chi connectivity index (χ3n) is 3.52. The molecular weight excluding hydrogens is 282 g/mol. The number of hydrogen-bond donors (Lipinski definition) is 0. The highest BCUT2D eigenvalue weighted by Gasteiger charge is 2.26. The molecule has 0 aromatic carbocycles. The standard InChI is InChI=1S/C12H16ClN5S/c1-9-5-14-18(6-9)7-10-3-2-4-17(10)8-11-12(13)19-16-15-11/h5-6,10H,2-4,7-8H2,1H3. The smallest absolute Gasteiger partial charge is 0.138 e. The van der Waals surface area contributed by atoms with E-state index in [9.17, 15) is 0 Å². The van der Waals surface area contributed by atoms with E-state index in [0.717, 1.165) is 25.3 Å². The summed E-state index contributed by atoms with van der Waals surface area (Å²) in [5.41, 5.74) is 2.10. The minimum Gasteiger partial charge on any atom is -0.293 e. The van der Waals surface area contributed by atoms with Crippen molar-refractivity contribution in [2.75, 3.05) is 6.54 Å². The van der Waals surface area contributed by atoms with Crippen LogP contribution in [0.15, 0.2) is 12.4 Å². The Balaban J connectivity index is 1.66. The van der Waals surface area contributed by atoms with Gasteiger partial charge in [-0.15, -0.1) is 5.10 Å². The molecule has 3 rings (SSSR count). The molecule has 2 aromatic rings. The second kappa shape index (κ2) is 5.56. The number of hydrogen-bond acceptors (Lipinski definition) is 5. The van der Waals surface area contributed by atoms with Crippen molar-refractivity contribution in [2.45, 2.75) is 38.9 Å². The van der Waals surface area contributed by atoms with Crippen LogP contribution in [0, 0.1) is 6.92 Å². The molecular formula is C12H16ClN5S. The van der Waals surface area contributed by atoms with Gasteiger partial charge in [0.15, 0.2) is 0 Å². The monoisotopic (exact) mass is 297 g/mol. The van der Waals surface area contributed by atoms with Gasteiger partial charge in [0, 0.05) is 30.3 Å². The van der Waals surface area contributed by atoms with E-state index in [4.69, 9.17) is 11.6 Å². The third kappa shape index (κ3) is 2.96. The SMILES string of the molecule is Cc1cnn(CC2CCCN2Cc2nnsc2Cl)c1. The summed E-state index contributed by atoms with van der Waals surface area (Å²) in [7, 11) is 0. The molecule has 0 bridgehead atoms. The summed E-state index contributed by atoms with van der Waals surface area (Å²) in [4.78, 5) is 2.43. The summed E-state index contributed by atoms with van der Waals surface area (Å²) < 4.78 is 6.63. The second-order valence-corrected chi connectivity index (χ2v) is 6.36. The lowest BCUT2D eigenvalue weighted by atomic mass is 10.2. The van der Waals surface area contributed by atoms with Crippen LogP contribution in [-0.4, -0.2) is 36.9 Å². The normalized spacial score (nSPS) is 20.2. The van der Waals surface area contributed by atoms with Crippen LogP contribution in [0.25, 0.3) is 0 Å². The van der Waals surface area contributed by atoms with Crippen molar-refractivity contribution < 1.29 is 0 Å². The Morgan fingerprint density at radius 2 is 2.42 bits per heavy atom. The average molecular weight is 298 g/mol. The minimum absolute atomic E-state index is 0.511. The summed E-state index contributed by atoms with van der Waals surface area (Å²) >= 11 is 7.34. The minimum atomic E-state index is 0.511. The highest BCUT2D eigenvalue weighted by Crippen LogP contribution is 2.25. The van der Waals surface area contributed by atoms with Crippen LogP contribution in [0.4, 0.5) is 0 Å². The Hall–Kier alpha value is -0.980. The van der Waals surface area contributed by atoms with Gasteiger partial charge in [-0.05, 0) is 31.9 Å². The van der Waals surface area contributed by atoms with E-state index in [-0.39, 0.29) is 0 Å². The molecule has 1 atom stereocenters. The van der Waals surface area contributed by atoms with Crippen molar-refractivity contribution >= 4 is 23.1 Å². The number of aryl methyl sites for hydroxylation is 1. The molecule has 0 saturated carbocycles. The predicted octanol–water partition coefficient (Wildman–Crippen LogP) is 2.36. The zero-order valence-electron chi connectivity index (χ0n) is 10.8. The molecule has 7 heteroatoms. The summed E-state index contributed by atoms with van der Waals surface area (Å²) in [5.74, 6) is 0. The van der Waals surface area contributed by atoms with Crippen LogP contribution in [-0.2, 0) is 13.1 Å². The van der Waals surface area contributed by atoms with Crippen molar-refractivity contribution in [1.82, 2.24) is 24.3 Å². The van der Waals surface area contributed by atoms with Gasteiger partial charge < -0.3 is 0 Å². The van der Waals surface area contributed by atoms with Crippen molar-refractivity contribution in [3.8, 4) is 0 Å². The van der Waals surface area contributed by atoms with Gasteiger partial charge in [-0.3, -0.25) is 9.58 Å². The fourth-order valence-electron chi connectivity index (χ4n) is 2.58. The molecule has 1 unspecified atom stereocenters. The summed E-state index contributed by atoms with van der Waals surface area (Å²) in [6, 6.07) is 0.511. The molecule has 0 radical (unpaired) electrons. The number of halogens is 1. The van der Waals surface area contributed by atoms with Crippen LogP contribution >= 0.6 is 23.1 Å². The lowest BCUT2D eigenvalue weighted by Gasteiger charge is -2.23. The molecule has 0 spiro atoms. The van der Waals surface area contributed by atoms with Crippen molar-refractivity contribution in [3.63, 3.8) is 0 Å². The molecule has 0 N–H and O–H groups in total. The summed E-state index contributed by atoms with van der Waals surface area (Å²) in [6.45, 7) is 4.89. The van der Waals surface area contributed by atoms with Gasteiger partial charge in [-0.25, -0.2) is 0 Å². The van der Waals surface area contributed by atoms with Crippen LogP contribution < -0.4 is 0 Å². The third-order valence-corrected chi connectivity index (χ3v) is 4.51. The first-order valence-corrected chi connectivity index (χ1v) is 7.57. The van der Waals surface area contributed by atoms with E-state index < -0.39 is 0 Å². The predicted molar refractivity (Wildman–Crippen MR) is 75.3 cm³/mol. The molecule has 19 heavy (non-hydrogen) atoms. The van der Waals surface area contributed by atoms with E-state index >= 15 is 0 Å². The van der Waals surface area contributed by atoms with Gasteiger partial charge in [-0.2, -0.15) is 5.10 Å². The second-order valence-electron chi connectivity index (χ2n) is 5.00. The fraction of sp³-hybridized carbons (Fsp3) is 0.583. The quantitative estimate of drug-likeness (QED) is 0.869. The lowest BCUT2D eigenvalue weighted by Crippen LogP contribution is -2.32. The van der Waals surface area contributed by atoms with Gasteiger partial charge in [0.2, 0.25) is 0 Å². The zero-order valence-corrected chi connectivity index (χ0v) is 12.4. The molecule has 5 nitrogen and oxygen atoms in total. The Labute approximate surface area is 121 Å². The zero-order chi connectivity index (χ0) is 13.2. The highest BCUT2D eigenvalue weighted by atomic mass is 35.5. The molecule has 0 aliphatic carbocycles. The number of nitrogens with zero attached hydrogens (tertiary/aromatic N) is 5. The number of likely N-dealkylation sites (tertiary alicyclic amines) is 1. The molecule has 102 valence electrons. The first-order valence-electron chi connectivity index (χ1n) is 6.42. The van der Waals surface area contributed by atoms with E-state index in [1.807, 2.05) is 10.9 Å². The topological polar surface area (TPSA) is 46.8 Å². The lowest BCUT2D eigenvalue weighted by molar-refractivity contribution is 0.217. The van der Waals surface area contributed by atoms with Gasteiger partial charge in [-0.1, -0.05) is 16.1 Å². The first kappa shape index (κ1) is 13.0. The highest BCUT2D eigenvalue weighted by molar-refractivity contribution is 7.10. The Bertz CT molecular complexity index is 552. The maximum Gasteiger partial charge on any atom is 0.138 e. The van der Waals surface area contributed by atoms with Crippen molar-refractivity contribution in [3.05, 3.63) is 28.0 Å². The molecule has 1 saturated heterocycles. The van der Waals surface area contributed by atoms with Gasteiger partial charge >= 0.3 is 0 Å². The molecule has 1 aliphatic heterocycles. The summed E-state index contributed by atoms with van der Waals surface area (Å²) in [6.07, 6.45) is 6.42. The van der Waals surface area contributed by atoms with Crippen molar-refractivity contribution in [1.29, 1.82) is 0 Å². The molecule has 3 heterocycles. The van der Waals surface area contributed by atoms with Gasteiger partial charge in [0.25, 0.3) is 0 Å². The Morgan fingerprint density at radius 3 is 3.11 bits per heavy atom. The van der Waals surface area contributed by atoms with E-state index in [2.05, 4.69) is 32.7 Å². The molecule has 1 aliphatic rings. The van der Waals surface area contributed by atoms with E-state index in [1.165, 1.54) is 29.9 Å². The molecule has 1 fully saturated rings. The molecule has 0 amide bonds. The number of aromatic nitrogens is 4. The Kier molecular flexibility index (Phi) is 3.81. The fourth-order valence-corrected chi connectivity index (χ4v) is 3.19. The van der Waals surface area contributed by atoms with Crippen LogP contribution in [0.1, 0.15) is 24.1 Å². The average Bonchev–Trinajstić information content (AvgIpc) is 3.07. The van der Waals surface area contributed by atoms with E-state index in [0.29, 0.717) is 10.4 Å².